The van der Waals surface area contributed by atoms with Crippen LogP contribution < -0.4 is 0 Å². The number of nitrogens with one attached hydrogen (secondary N) is 1. The number of thiazole rings is 1. The van der Waals surface area contributed by atoms with Crippen molar-refractivity contribution in [1.29, 1.82) is 0 Å². The van der Waals surface area contributed by atoms with Gasteiger partial charge in [-0.05, 0) is 29.2 Å². The molecule has 1 N–H and O–H groups in total. The lowest BCUT2D eigenvalue weighted by Gasteiger charge is -1.95. The molecule has 0 atom stereocenters. The first kappa shape index (κ1) is 13.5. The highest BCUT2D eigenvalue weighted by Gasteiger charge is 2.04. The zero-order chi connectivity index (χ0) is 14.7. The fraction of sp³-hybridized carbons (Fsp3) is 0.200. The summed E-state index contributed by atoms with van der Waals surface area (Å²) in [5, 5.41) is 16.8. The molecule has 0 saturated carbocycles. The molecule has 0 saturated heterocycles. The zero-order valence-corrected chi connectivity index (χ0v) is 12.5. The molecular formula is C15H13N5S. The van der Waals surface area contributed by atoms with E-state index >= 15 is 0 Å². The van der Waals surface area contributed by atoms with Crippen LogP contribution in [0.5, 0.6) is 0 Å². The molecule has 104 valence electrons. The van der Waals surface area contributed by atoms with Crippen LogP contribution >= 0.6 is 11.3 Å². The van der Waals surface area contributed by atoms with Gasteiger partial charge in [0.2, 0.25) is 5.82 Å². The minimum atomic E-state index is 0.429. The van der Waals surface area contributed by atoms with Gasteiger partial charge >= 0.3 is 0 Å². The molecule has 6 heteroatoms. The van der Waals surface area contributed by atoms with Gasteiger partial charge in [0.1, 0.15) is 0 Å². The van der Waals surface area contributed by atoms with Gasteiger partial charge in [-0.2, -0.15) is 5.21 Å². The molecule has 0 unspecified atom stereocenters. The first-order valence-corrected chi connectivity index (χ1v) is 7.41. The Morgan fingerprint density at radius 2 is 2.14 bits per heavy atom. The molecule has 0 aliphatic rings. The molecule has 5 nitrogen and oxygen atoms in total. The predicted octanol–water partition coefficient (Wildman–Crippen LogP) is 2.85. The van der Waals surface area contributed by atoms with Crippen LogP contribution in [0.25, 0.3) is 11.4 Å². The molecule has 0 amide bonds. The number of hydrogen-bond acceptors (Lipinski definition) is 5. The van der Waals surface area contributed by atoms with Gasteiger partial charge in [-0.1, -0.05) is 31.9 Å². The van der Waals surface area contributed by atoms with Crippen LogP contribution in [0.1, 0.15) is 36.0 Å². The Balaban J connectivity index is 1.85. The molecule has 2 aromatic heterocycles. The molecule has 2 heterocycles. The third-order valence-corrected chi connectivity index (χ3v) is 3.67. The van der Waals surface area contributed by atoms with E-state index in [9.17, 15) is 0 Å². The minimum absolute atomic E-state index is 0.429. The van der Waals surface area contributed by atoms with E-state index in [0.717, 1.165) is 21.8 Å². The fourth-order valence-corrected chi connectivity index (χ4v) is 2.58. The van der Waals surface area contributed by atoms with Crippen molar-refractivity contribution in [1.82, 2.24) is 25.6 Å². The lowest BCUT2D eigenvalue weighted by molar-refractivity contribution is 0.831. The molecule has 0 fully saturated rings. The average Bonchev–Trinajstić information content (AvgIpc) is 3.17. The van der Waals surface area contributed by atoms with E-state index in [-0.39, 0.29) is 0 Å². The summed E-state index contributed by atoms with van der Waals surface area (Å²) in [5.74, 6) is 7.22. The summed E-state index contributed by atoms with van der Waals surface area (Å²) in [6.07, 6.45) is 0. The summed E-state index contributed by atoms with van der Waals surface area (Å²) in [7, 11) is 0. The number of nitrogens with zero attached hydrogens (tertiary/aromatic N) is 4. The van der Waals surface area contributed by atoms with E-state index in [1.807, 2.05) is 24.3 Å². The summed E-state index contributed by atoms with van der Waals surface area (Å²) >= 11 is 1.57. The minimum Gasteiger partial charge on any atom is -0.232 e. The Labute approximate surface area is 126 Å². The Morgan fingerprint density at radius 3 is 2.86 bits per heavy atom. The molecule has 21 heavy (non-hydrogen) atoms. The molecule has 3 aromatic rings. The SMILES string of the molecule is CC(C)c1csc(C#Cc2cccc(-c3nn[nH]n3)c2)n1. The molecule has 0 aliphatic heterocycles. The van der Waals surface area contributed by atoms with E-state index < -0.39 is 0 Å². The standard InChI is InChI=1S/C15H13N5S/c1-10(2)13-9-21-14(16-13)7-6-11-4-3-5-12(8-11)15-17-19-20-18-15/h3-5,8-10H,1-2H3,(H,17,18,19,20). The average molecular weight is 295 g/mol. The lowest BCUT2D eigenvalue weighted by atomic mass is 10.1. The molecule has 0 radical (unpaired) electrons. The number of hydrogen-bond donors (Lipinski definition) is 1. The van der Waals surface area contributed by atoms with Crippen molar-refractivity contribution < 1.29 is 0 Å². The maximum absolute atomic E-state index is 4.50. The summed E-state index contributed by atoms with van der Waals surface area (Å²) < 4.78 is 0. The number of H-pyrrole nitrogens is 1. The topological polar surface area (TPSA) is 67.3 Å². The van der Waals surface area contributed by atoms with Crippen molar-refractivity contribution in [2.75, 3.05) is 0 Å². The molecule has 1 aromatic carbocycles. The van der Waals surface area contributed by atoms with E-state index in [2.05, 4.69) is 56.7 Å². The zero-order valence-electron chi connectivity index (χ0n) is 11.7. The normalized spacial score (nSPS) is 10.4. The highest BCUT2D eigenvalue weighted by molar-refractivity contribution is 7.10. The number of rotatable bonds is 2. The van der Waals surface area contributed by atoms with Gasteiger partial charge in [-0.15, -0.1) is 21.5 Å². The van der Waals surface area contributed by atoms with Crippen LogP contribution in [0.15, 0.2) is 29.6 Å². The van der Waals surface area contributed by atoms with Gasteiger partial charge in [0.25, 0.3) is 0 Å². The van der Waals surface area contributed by atoms with Crippen molar-refractivity contribution in [2.24, 2.45) is 0 Å². The second-order valence-electron chi connectivity index (χ2n) is 4.80. The Kier molecular flexibility index (Phi) is 3.75. The van der Waals surface area contributed by atoms with Crippen molar-refractivity contribution >= 4 is 11.3 Å². The van der Waals surface area contributed by atoms with Crippen LogP contribution in [-0.4, -0.2) is 25.6 Å². The Bertz CT molecular complexity index is 793. The second kappa shape index (κ2) is 5.85. The largest absolute Gasteiger partial charge is 0.232 e. The summed E-state index contributed by atoms with van der Waals surface area (Å²) in [6, 6.07) is 7.75. The Hall–Kier alpha value is -2.52. The van der Waals surface area contributed by atoms with Gasteiger partial charge in [0.15, 0.2) is 5.01 Å². The van der Waals surface area contributed by atoms with Gasteiger partial charge in [0.05, 0.1) is 5.69 Å². The Morgan fingerprint density at radius 1 is 1.24 bits per heavy atom. The van der Waals surface area contributed by atoms with Gasteiger partial charge < -0.3 is 0 Å². The fourth-order valence-electron chi connectivity index (χ4n) is 1.75. The number of aromatic amines is 1. The van der Waals surface area contributed by atoms with Crippen molar-refractivity contribution in [2.45, 2.75) is 19.8 Å². The predicted molar refractivity (Wildman–Crippen MR) is 81.8 cm³/mol. The maximum atomic E-state index is 4.50. The molecule has 0 spiro atoms. The smallest absolute Gasteiger partial charge is 0.204 e. The second-order valence-corrected chi connectivity index (χ2v) is 5.66. The van der Waals surface area contributed by atoms with Gasteiger partial charge in [0, 0.05) is 16.5 Å². The van der Waals surface area contributed by atoms with Crippen LogP contribution in [0.2, 0.25) is 0 Å². The summed E-state index contributed by atoms with van der Waals surface area (Å²) in [5.41, 5.74) is 2.88. The molecule has 0 aliphatic carbocycles. The van der Waals surface area contributed by atoms with Gasteiger partial charge in [-0.3, -0.25) is 0 Å². The molecular weight excluding hydrogens is 282 g/mol. The third kappa shape index (κ3) is 3.15. The molecule has 3 rings (SSSR count). The highest BCUT2D eigenvalue weighted by atomic mass is 32.1. The number of aromatic nitrogens is 5. The lowest BCUT2D eigenvalue weighted by Crippen LogP contribution is -1.86. The van der Waals surface area contributed by atoms with Crippen LogP contribution in [0.4, 0.5) is 0 Å². The van der Waals surface area contributed by atoms with Crippen molar-refractivity contribution in [3.63, 3.8) is 0 Å². The quantitative estimate of drug-likeness (QED) is 0.738. The number of tetrazole rings is 1. The van der Waals surface area contributed by atoms with Crippen molar-refractivity contribution in [3.8, 4) is 23.2 Å². The van der Waals surface area contributed by atoms with Crippen molar-refractivity contribution in [3.05, 3.63) is 45.9 Å². The van der Waals surface area contributed by atoms with E-state index in [4.69, 9.17) is 0 Å². The van der Waals surface area contributed by atoms with E-state index in [1.165, 1.54) is 0 Å². The highest BCUT2D eigenvalue weighted by Crippen LogP contribution is 2.17. The van der Waals surface area contributed by atoms with Gasteiger partial charge in [-0.25, -0.2) is 4.98 Å². The van der Waals surface area contributed by atoms with E-state index in [1.54, 1.807) is 11.3 Å². The summed E-state index contributed by atoms with van der Waals surface area (Å²) in [6.45, 7) is 4.25. The first-order chi connectivity index (χ1) is 10.2. The first-order valence-electron chi connectivity index (χ1n) is 6.53. The summed E-state index contributed by atoms with van der Waals surface area (Å²) in [4.78, 5) is 4.50. The molecule has 0 bridgehead atoms. The van der Waals surface area contributed by atoms with Crippen LogP contribution in [-0.2, 0) is 0 Å². The monoisotopic (exact) mass is 295 g/mol. The number of benzene rings is 1. The van der Waals surface area contributed by atoms with E-state index in [0.29, 0.717) is 11.7 Å². The third-order valence-electron chi connectivity index (χ3n) is 2.89. The maximum Gasteiger partial charge on any atom is 0.204 e. The van der Waals surface area contributed by atoms with Crippen LogP contribution in [0.3, 0.4) is 0 Å². The van der Waals surface area contributed by atoms with Crippen LogP contribution in [0, 0.1) is 11.8 Å².